The van der Waals surface area contributed by atoms with E-state index in [9.17, 15) is 0 Å². The summed E-state index contributed by atoms with van der Waals surface area (Å²) in [5, 5.41) is 7.95. The number of hydrogen-bond donors (Lipinski definition) is 1. The van der Waals surface area contributed by atoms with Crippen LogP contribution in [0.4, 0.5) is 0 Å². The van der Waals surface area contributed by atoms with Crippen molar-refractivity contribution in [2.75, 3.05) is 20.8 Å². The average molecular weight is 249 g/mol. The third-order valence-electron chi connectivity index (χ3n) is 3.36. The third-order valence-corrected chi connectivity index (χ3v) is 3.36. The van der Waals surface area contributed by atoms with Crippen LogP contribution in [0.5, 0.6) is 11.5 Å². The molecular weight excluding hydrogens is 230 g/mol. The molecule has 4 nitrogen and oxygen atoms in total. The maximum Gasteiger partial charge on any atom is 0.188 e. The summed E-state index contributed by atoms with van der Waals surface area (Å²) in [6.07, 6.45) is 1.80. The molecule has 98 valence electrons. The molecule has 0 aliphatic heterocycles. The van der Waals surface area contributed by atoms with Gasteiger partial charge in [-0.15, -0.1) is 0 Å². The Balaban J connectivity index is 2.37. The summed E-state index contributed by atoms with van der Waals surface area (Å²) in [5.74, 6) is 1.95. The second kappa shape index (κ2) is 5.29. The van der Waals surface area contributed by atoms with Crippen molar-refractivity contribution in [1.29, 1.82) is 5.41 Å². The van der Waals surface area contributed by atoms with Crippen molar-refractivity contribution in [3.8, 4) is 11.5 Å². The van der Waals surface area contributed by atoms with Gasteiger partial charge in [0.2, 0.25) is 0 Å². The van der Waals surface area contributed by atoms with E-state index in [1.807, 2.05) is 19.1 Å². The molecule has 0 aromatic heterocycles. The van der Waals surface area contributed by atoms with Gasteiger partial charge in [0, 0.05) is 5.56 Å². The Kier molecular flexibility index (Phi) is 3.75. The Hall–Kier alpha value is -1.71. The topological polar surface area (TPSA) is 51.5 Å². The van der Waals surface area contributed by atoms with Crippen LogP contribution in [0.3, 0.4) is 0 Å². The first-order valence-corrected chi connectivity index (χ1v) is 6.17. The van der Waals surface area contributed by atoms with Crippen molar-refractivity contribution in [3.63, 3.8) is 0 Å². The van der Waals surface area contributed by atoms with Gasteiger partial charge in [-0.25, -0.2) is 0 Å². The van der Waals surface area contributed by atoms with Crippen molar-refractivity contribution >= 4 is 5.90 Å². The van der Waals surface area contributed by atoms with Gasteiger partial charge in [0.25, 0.3) is 0 Å². The van der Waals surface area contributed by atoms with E-state index in [1.54, 1.807) is 14.2 Å². The molecular formula is C14H19NO3. The van der Waals surface area contributed by atoms with Crippen LogP contribution in [0.15, 0.2) is 12.1 Å². The molecule has 1 N–H and O–H groups in total. The molecule has 2 rings (SSSR count). The van der Waals surface area contributed by atoms with Gasteiger partial charge in [0.15, 0.2) is 17.4 Å². The Morgan fingerprint density at radius 2 is 2.11 bits per heavy atom. The van der Waals surface area contributed by atoms with E-state index in [2.05, 4.69) is 0 Å². The number of fused-ring (bicyclic) bond motifs is 1. The lowest BCUT2D eigenvalue weighted by Crippen LogP contribution is -2.12. The van der Waals surface area contributed by atoms with Gasteiger partial charge < -0.3 is 14.2 Å². The lowest BCUT2D eigenvalue weighted by molar-refractivity contribution is 0.307. The molecule has 0 saturated carbocycles. The normalized spacial score (nSPS) is 17.2. The van der Waals surface area contributed by atoms with E-state index in [4.69, 9.17) is 19.6 Å². The maximum atomic E-state index is 7.95. The summed E-state index contributed by atoms with van der Waals surface area (Å²) in [6.45, 7) is 2.44. The molecule has 1 aromatic carbocycles. The fraction of sp³-hybridized carbons (Fsp3) is 0.500. The molecule has 0 radical (unpaired) electrons. The number of benzene rings is 1. The lowest BCUT2D eigenvalue weighted by atomic mass is 10.0. The molecule has 1 aliphatic carbocycles. The van der Waals surface area contributed by atoms with Gasteiger partial charge in [-0.1, -0.05) is 6.07 Å². The third kappa shape index (κ3) is 2.03. The zero-order chi connectivity index (χ0) is 13.1. The van der Waals surface area contributed by atoms with Gasteiger partial charge in [-0.05, 0) is 31.4 Å². The Bertz CT molecular complexity index is 457. The molecule has 18 heavy (non-hydrogen) atoms. The number of methoxy groups -OCH3 is 2. The summed E-state index contributed by atoms with van der Waals surface area (Å²) < 4.78 is 16.0. The predicted molar refractivity (Wildman–Crippen MR) is 70.0 cm³/mol. The number of nitrogens with one attached hydrogen (secondary N) is 1. The van der Waals surface area contributed by atoms with E-state index in [1.165, 1.54) is 0 Å². The zero-order valence-electron chi connectivity index (χ0n) is 11.1. The van der Waals surface area contributed by atoms with Crippen LogP contribution in [-0.4, -0.2) is 26.7 Å². The van der Waals surface area contributed by atoms with E-state index < -0.39 is 0 Å². The Morgan fingerprint density at radius 3 is 2.72 bits per heavy atom. The fourth-order valence-corrected chi connectivity index (χ4v) is 2.56. The summed E-state index contributed by atoms with van der Waals surface area (Å²) in [5.41, 5.74) is 2.28. The van der Waals surface area contributed by atoms with Crippen LogP contribution in [0, 0.1) is 5.41 Å². The van der Waals surface area contributed by atoms with Crippen molar-refractivity contribution in [2.45, 2.75) is 25.7 Å². The second-order valence-corrected chi connectivity index (χ2v) is 4.26. The molecule has 1 atom stereocenters. The molecule has 0 heterocycles. The van der Waals surface area contributed by atoms with E-state index in [-0.39, 0.29) is 5.92 Å². The Morgan fingerprint density at radius 1 is 1.33 bits per heavy atom. The van der Waals surface area contributed by atoms with Gasteiger partial charge in [0.1, 0.15) is 0 Å². The molecule has 1 aromatic rings. The highest BCUT2D eigenvalue weighted by molar-refractivity contribution is 5.83. The quantitative estimate of drug-likeness (QED) is 0.659. The lowest BCUT2D eigenvalue weighted by Gasteiger charge is -2.15. The van der Waals surface area contributed by atoms with Crippen molar-refractivity contribution in [1.82, 2.24) is 0 Å². The smallest absolute Gasteiger partial charge is 0.188 e. The first-order chi connectivity index (χ1) is 8.72. The molecule has 0 bridgehead atoms. The van der Waals surface area contributed by atoms with Crippen molar-refractivity contribution in [2.24, 2.45) is 0 Å². The molecule has 0 amide bonds. The Labute approximate surface area is 107 Å². The van der Waals surface area contributed by atoms with E-state index in [0.29, 0.717) is 12.5 Å². The van der Waals surface area contributed by atoms with Crippen LogP contribution < -0.4 is 9.47 Å². The van der Waals surface area contributed by atoms with Crippen LogP contribution in [0.1, 0.15) is 30.4 Å². The average Bonchev–Trinajstić information content (AvgIpc) is 2.81. The second-order valence-electron chi connectivity index (χ2n) is 4.26. The van der Waals surface area contributed by atoms with Gasteiger partial charge >= 0.3 is 0 Å². The van der Waals surface area contributed by atoms with Crippen LogP contribution >= 0.6 is 0 Å². The highest BCUT2D eigenvalue weighted by Crippen LogP contribution is 2.43. The largest absolute Gasteiger partial charge is 0.493 e. The number of ether oxygens (including phenoxy) is 3. The molecule has 0 spiro atoms. The molecule has 0 saturated heterocycles. The minimum Gasteiger partial charge on any atom is -0.493 e. The highest BCUT2D eigenvalue weighted by Gasteiger charge is 2.30. The van der Waals surface area contributed by atoms with E-state index >= 15 is 0 Å². The number of rotatable bonds is 4. The first-order valence-electron chi connectivity index (χ1n) is 6.17. The first kappa shape index (κ1) is 12.7. The number of hydrogen-bond acceptors (Lipinski definition) is 4. The monoisotopic (exact) mass is 249 g/mol. The SMILES string of the molecule is CCOC(=N)C1CCc2c1ccc(OC)c2OC. The van der Waals surface area contributed by atoms with Gasteiger partial charge in [0.05, 0.1) is 26.7 Å². The summed E-state index contributed by atoms with van der Waals surface area (Å²) in [6, 6.07) is 3.91. The van der Waals surface area contributed by atoms with Crippen LogP contribution in [0.2, 0.25) is 0 Å². The fourth-order valence-electron chi connectivity index (χ4n) is 2.56. The van der Waals surface area contributed by atoms with Gasteiger partial charge in [-0.3, -0.25) is 5.41 Å². The highest BCUT2D eigenvalue weighted by atomic mass is 16.5. The van der Waals surface area contributed by atoms with Gasteiger partial charge in [-0.2, -0.15) is 0 Å². The summed E-state index contributed by atoms with van der Waals surface area (Å²) in [7, 11) is 3.29. The minimum atomic E-state index is 0.0553. The van der Waals surface area contributed by atoms with Crippen LogP contribution in [-0.2, 0) is 11.2 Å². The summed E-state index contributed by atoms with van der Waals surface area (Å²) >= 11 is 0. The zero-order valence-corrected chi connectivity index (χ0v) is 11.1. The van der Waals surface area contributed by atoms with Crippen molar-refractivity contribution in [3.05, 3.63) is 23.3 Å². The standard InChI is InChI=1S/C14H19NO3/c1-4-18-14(15)11-6-5-10-9(11)7-8-12(16-2)13(10)17-3/h7-8,11,15H,4-6H2,1-3H3. The molecule has 4 heteroatoms. The molecule has 1 aliphatic rings. The predicted octanol–water partition coefficient (Wildman–Crippen LogP) is 2.75. The van der Waals surface area contributed by atoms with Crippen molar-refractivity contribution < 1.29 is 14.2 Å². The minimum absolute atomic E-state index is 0.0553. The van der Waals surface area contributed by atoms with E-state index in [0.717, 1.165) is 35.5 Å². The molecule has 0 fully saturated rings. The maximum absolute atomic E-state index is 7.95. The van der Waals surface area contributed by atoms with Crippen LogP contribution in [0.25, 0.3) is 0 Å². The summed E-state index contributed by atoms with van der Waals surface area (Å²) in [4.78, 5) is 0. The molecule has 1 unspecified atom stereocenters.